The van der Waals surface area contributed by atoms with Crippen LogP contribution >= 0.6 is 0 Å². The van der Waals surface area contributed by atoms with Crippen LogP contribution < -0.4 is 4.74 Å². The first-order valence-corrected chi connectivity index (χ1v) is 5.90. The summed E-state index contributed by atoms with van der Waals surface area (Å²) in [5, 5.41) is 0.588. The predicted molar refractivity (Wildman–Crippen MR) is 64.1 cm³/mol. The van der Waals surface area contributed by atoms with Crippen molar-refractivity contribution < 1.29 is 18.3 Å². The van der Waals surface area contributed by atoms with E-state index >= 15 is 0 Å². The summed E-state index contributed by atoms with van der Waals surface area (Å²) in [4.78, 5) is 11.1. The zero-order valence-corrected chi connectivity index (χ0v) is 10.2. The Morgan fingerprint density at radius 3 is 2.78 bits per heavy atom. The number of benzene rings is 1. The second-order valence-electron chi connectivity index (χ2n) is 5.05. The summed E-state index contributed by atoms with van der Waals surface area (Å²) in [6.45, 7) is 3.42. The lowest BCUT2D eigenvalue weighted by Gasteiger charge is -2.08. The summed E-state index contributed by atoms with van der Waals surface area (Å²) in [5.41, 5.74) is 1.11. The zero-order chi connectivity index (χ0) is 12.9. The number of hydrogen-bond acceptors (Lipinski definition) is 3. The summed E-state index contributed by atoms with van der Waals surface area (Å²) >= 11 is 0. The lowest BCUT2D eigenvalue weighted by Crippen LogP contribution is -2.04. The van der Waals surface area contributed by atoms with Crippen LogP contribution in [0.4, 0.5) is 4.39 Å². The molecule has 3 rings (SSSR count). The van der Waals surface area contributed by atoms with E-state index in [1.807, 2.05) is 0 Å². The minimum absolute atomic E-state index is 0.0218. The van der Waals surface area contributed by atoms with E-state index in [0.29, 0.717) is 11.1 Å². The number of ether oxygens (including phenoxy) is 1. The van der Waals surface area contributed by atoms with E-state index in [1.54, 1.807) is 6.26 Å². The van der Waals surface area contributed by atoms with Crippen molar-refractivity contribution in [2.75, 3.05) is 0 Å². The Labute approximate surface area is 104 Å². The summed E-state index contributed by atoms with van der Waals surface area (Å²) < 4.78 is 24.1. The Balaban J connectivity index is 2.26. The van der Waals surface area contributed by atoms with Crippen LogP contribution in [0.15, 0.2) is 22.8 Å². The normalized spacial score (nSPS) is 16.8. The Morgan fingerprint density at radius 2 is 2.17 bits per heavy atom. The highest BCUT2D eigenvalue weighted by Gasteiger charge is 2.42. The van der Waals surface area contributed by atoms with Gasteiger partial charge in [-0.25, -0.2) is 4.39 Å². The summed E-state index contributed by atoms with van der Waals surface area (Å²) in [6.07, 6.45) is 3.66. The predicted octanol–water partition coefficient (Wildman–Crippen LogP) is 3.55. The average molecular weight is 248 g/mol. The SMILES string of the molecule is CC(=O)Oc1ccc(F)c2occ(C3(C)CC3)c12. The first-order valence-electron chi connectivity index (χ1n) is 5.90. The maximum absolute atomic E-state index is 13.7. The van der Waals surface area contributed by atoms with Gasteiger partial charge >= 0.3 is 5.97 Å². The van der Waals surface area contributed by atoms with Crippen molar-refractivity contribution >= 4 is 16.9 Å². The first-order chi connectivity index (χ1) is 8.51. The van der Waals surface area contributed by atoms with Gasteiger partial charge in [0.15, 0.2) is 11.4 Å². The molecule has 1 aliphatic rings. The fraction of sp³-hybridized carbons (Fsp3) is 0.357. The molecule has 4 heteroatoms. The molecular formula is C14H13FO3. The zero-order valence-electron chi connectivity index (χ0n) is 10.2. The molecule has 1 aliphatic carbocycles. The minimum atomic E-state index is -0.434. The highest BCUT2D eigenvalue weighted by molar-refractivity contribution is 5.91. The van der Waals surface area contributed by atoms with E-state index in [4.69, 9.17) is 9.15 Å². The maximum Gasteiger partial charge on any atom is 0.308 e. The van der Waals surface area contributed by atoms with Gasteiger partial charge in [0, 0.05) is 12.5 Å². The van der Waals surface area contributed by atoms with E-state index < -0.39 is 11.8 Å². The third-order valence-electron chi connectivity index (χ3n) is 3.54. The monoisotopic (exact) mass is 248 g/mol. The van der Waals surface area contributed by atoms with Gasteiger partial charge in [-0.2, -0.15) is 0 Å². The van der Waals surface area contributed by atoms with Crippen molar-refractivity contribution in [3.8, 4) is 5.75 Å². The molecule has 1 aromatic carbocycles. The third-order valence-corrected chi connectivity index (χ3v) is 3.54. The van der Waals surface area contributed by atoms with Gasteiger partial charge in [0.1, 0.15) is 5.75 Å². The van der Waals surface area contributed by atoms with Crippen molar-refractivity contribution in [1.82, 2.24) is 0 Å². The molecule has 0 saturated heterocycles. The van der Waals surface area contributed by atoms with Crippen molar-refractivity contribution in [1.29, 1.82) is 0 Å². The first kappa shape index (κ1) is 11.3. The van der Waals surface area contributed by atoms with Crippen molar-refractivity contribution in [2.24, 2.45) is 0 Å². The van der Waals surface area contributed by atoms with Crippen LogP contribution in [0.5, 0.6) is 5.75 Å². The Morgan fingerprint density at radius 1 is 1.44 bits per heavy atom. The van der Waals surface area contributed by atoms with Gasteiger partial charge in [-0.1, -0.05) is 6.92 Å². The van der Waals surface area contributed by atoms with Gasteiger partial charge in [-0.3, -0.25) is 4.79 Å². The molecule has 0 spiro atoms. The van der Waals surface area contributed by atoms with Crippen molar-refractivity contribution in [2.45, 2.75) is 32.1 Å². The van der Waals surface area contributed by atoms with Crippen LogP contribution in [0.25, 0.3) is 11.0 Å². The van der Waals surface area contributed by atoms with Crippen LogP contribution in [-0.4, -0.2) is 5.97 Å². The van der Waals surface area contributed by atoms with Crippen molar-refractivity contribution in [3.05, 3.63) is 29.8 Å². The molecule has 0 aliphatic heterocycles. The number of hydrogen-bond donors (Lipinski definition) is 0. The van der Waals surface area contributed by atoms with Crippen LogP contribution in [0.3, 0.4) is 0 Å². The largest absolute Gasteiger partial charge is 0.461 e. The quantitative estimate of drug-likeness (QED) is 0.602. The molecule has 2 aromatic rings. The summed E-state index contributed by atoms with van der Waals surface area (Å²) in [6, 6.07) is 2.73. The van der Waals surface area contributed by atoms with Gasteiger partial charge < -0.3 is 9.15 Å². The molecule has 0 N–H and O–H groups in total. The van der Waals surface area contributed by atoms with Gasteiger partial charge in [0.05, 0.1) is 11.6 Å². The number of rotatable bonds is 2. The third kappa shape index (κ3) is 1.60. The minimum Gasteiger partial charge on any atom is -0.461 e. The number of esters is 1. The molecular weight excluding hydrogens is 235 g/mol. The molecule has 0 radical (unpaired) electrons. The van der Waals surface area contributed by atoms with E-state index in [0.717, 1.165) is 18.4 Å². The van der Waals surface area contributed by atoms with E-state index in [2.05, 4.69) is 6.92 Å². The smallest absolute Gasteiger partial charge is 0.308 e. The Kier molecular flexibility index (Phi) is 2.24. The van der Waals surface area contributed by atoms with E-state index in [9.17, 15) is 9.18 Å². The number of furan rings is 1. The lowest BCUT2D eigenvalue weighted by atomic mass is 9.97. The number of fused-ring (bicyclic) bond motifs is 1. The molecule has 0 atom stereocenters. The second-order valence-corrected chi connectivity index (χ2v) is 5.05. The molecule has 3 nitrogen and oxygen atoms in total. The molecule has 0 unspecified atom stereocenters. The van der Waals surface area contributed by atoms with Gasteiger partial charge in [-0.15, -0.1) is 0 Å². The Hall–Kier alpha value is -1.84. The van der Waals surface area contributed by atoms with Crippen LogP contribution in [0, 0.1) is 5.82 Å². The number of halogens is 1. The topological polar surface area (TPSA) is 39.4 Å². The molecule has 1 aromatic heterocycles. The van der Waals surface area contributed by atoms with Crippen LogP contribution in [-0.2, 0) is 10.2 Å². The van der Waals surface area contributed by atoms with E-state index in [1.165, 1.54) is 19.1 Å². The van der Waals surface area contributed by atoms with Crippen molar-refractivity contribution in [3.63, 3.8) is 0 Å². The standard InChI is InChI=1S/C14H13FO3/c1-8(16)18-11-4-3-10(15)13-12(11)9(7-17-13)14(2)5-6-14/h3-4,7H,5-6H2,1-2H3. The van der Waals surface area contributed by atoms with Gasteiger partial charge in [0.2, 0.25) is 0 Å². The molecule has 0 bridgehead atoms. The number of carbonyl (C=O) groups is 1. The highest BCUT2D eigenvalue weighted by Crippen LogP contribution is 2.52. The van der Waals surface area contributed by atoms with Crippen LogP contribution in [0.2, 0.25) is 0 Å². The number of carbonyl (C=O) groups excluding carboxylic acids is 1. The molecule has 1 fully saturated rings. The molecule has 0 amide bonds. The summed E-state index contributed by atoms with van der Waals surface area (Å²) in [7, 11) is 0. The molecule has 94 valence electrons. The second kappa shape index (κ2) is 3.57. The molecule has 18 heavy (non-hydrogen) atoms. The average Bonchev–Trinajstić information content (AvgIpc) is 2.90. The van der Waals surface area contributed by atoms with E-state index in [-0.39, 0.29) is 11.0 Å². The lowest BCUT2D eigenvalue weighted by molar-refractivity contribution is -0.131. The highest BCUT2D eigenvalue weighted by atomic mass is 19.1. The van der Waals surface area contributed by atoms with Gasteiger partial charge in [-0.05, 0) is 30.4 Å². The fourth-order valence-electron chi connectivity index (χ4n) is 2.23. The molecule has 1 heterocycles. The fourth-order valence-corrected chi connectivity index (χ4v) is 2.23. The summed E-state index contributed by atoms with van der Waals surface area (Å²) in [5.74, 6) is -0.483. The maximum atomic E-state index is 13.7. The van der Waals surface area contributed by atoms with Crippen LogP contribution in [0.1, 0.15) is 32.3 Å². The molecule has 1 saturated carbocycles. The van der Waals surface area contributed by atoms with Gasteiger partial charge in [0.25, 0.3) is 0 Å². The Bertz CT molecular complexity index is 638.